The number of benzene rings is 1. The number of halogens is 2. The lowest BCUT2D eigenvalue weighted by Gasteiger charge is -2.23. The standard InChI is InChI=1S/C16H18F2N4S/c1-11(9-15-20-12-5-3-4-6-13(12)23-15)21(2)10-14-19-7-8-22(14)16(17)18/h3-8,11,16H,9-10H2,1-2H3/t11-/m1/s1. The second-order valence-electron chi connectivity index (χ2n) is 5.57. The number of hydrogen-bond donors (Lipinski definition) is 0. The second-order valence-corrected chi connectivity index (χ2v) is 6.69. The first-order valence-corrected chi connectivity index (χ1v) is 8.21. The molecule has 0 fully saturated rings. The van der Waals surface area contributed by atoms with Gasteiger partial charge in [0.25, 0.3) is 0 Å². The fourth-order valence-corrected chi connectivity index (χ4v) is 3.53. The number of fused-ring (bicyclic) bond motifs is 1. The van der Waals surface area contributed by atoms with Gasteiger partial charge in [-0.05, 0) is 26.1 Å². The Labute approximate surface area is 137 Å². The van der Waals surface area contributed by atoms with E-state index in [1.54, 1.807) is 11.3 Å². The van der Waals surface area contributed by atoms with Crippen molar-refractivity contribution in [3.8, 4) is 0 Å². The van der Waals surface area contributed by atoms with Crippen LogP contribution in [0.25, 0.3) is 10.2 Å². The summed E-state index contributed by atoms with van der Waals surface area (Å²) in [4.78, 5) is 10.7. The van der Waals surface area contributed by atoms with Crippen LogP contribution in [0, 0.1) is 0 Å². The first-order chi connectivity index (χ1) is 11.0. The highest BCUT2D eigenvalue weighted by atomic mass is 32.1. The van der Waals surface area contributed by atoms with Crippen LogP contribution in [0.3, 0.4) is 0 Å². The van der Waals surface area contributed by atoms with Crippen molar-refractivity contribution in [3.63, 3.8) is 0 Å². The highest BCUT2D eigenvalue weighted by Gasteiger charge is 2.17. The summed E-state index contributed by atoms with van der Waals surface area (Å²) in [5.41, 5.74) is 1.01. The second kappa shape index (κ2) is 6.72. The molecule has 0 bridgehead atoms. The number of alkyl halides is 2. The molecule has 0 N–H and O–H groups in total. The van der Waals surface area contributed by atoms with E-state index in [2.05, 4.69) is 23.0 Å². The Balaban J connectivity index is 1.67. The van der Waals surface area contributed by atoms with Crippen LogP contribution < -0.4 is 0 Å². The number of thiazole rings is 1. The monoisotopic (exact) mass is 336 g/mol. The summed E-state index contributed by atoms with van der Waals surface area (Å²) < 4.78 is 27.8. The van der Waals surface area contributed by atoms with Gasteiger partial charge in [-0.2, -0.15) is 8.78 Å². The van der Waals surface area contributed by atoms with Gasteiger partial charge in [0.2, 0.25) is 0 Å². The van der Waals surface area contributed by atoms with Crippen LogP contribution in [0.2, 0.25) is 0 Å². The first kappa shape index (κ1) is 16.0. The molecule has 0 unspecified atom stereocenters. The zero-order chi connectivity index (χ0) is 16.4. The van der Waals surface area contributed by atoms with Crippen molar-refractivity contribution >= 4 is 21.6 Å². The van der Waals surface area contributed by atoms with E-state index in [-0.39, 0.29) is 6.04 Å². The largest absolute Gasteiger partial charge is 0.319 e. The number of likely N-dealkylation sites (N-methyl/N-ethyl adjacent to an activating group) is 1. The highest BCUT2D eigenvalue weighted by Crippen LogP contribution is 2.23. The van der Waals surface area contributed by atoms with Gasteiger partial charge in [-0.3, -0.25) is 9.47 Å². The molecule has 1 aromatic carbocycles. The third-order valence-electron chi connectivity index (χ3n) is 3.91. The maximum absolute atomic E-state index is 12.9. The number of para-hydroxylation sites is 1. The molecule has 0 saturated heterocycles. The predicted molar refractivity (Wildman–Crippen MR) is 87.7 cm³/mol. The van der Waals surface area contributed by atoms with Crippen molar-refractivity contribution in [3.05, 3.63) is 47.5 Å². The van der Waals surface area contributed by atoms with Crippen molar-refractivity contribution in [1.82, 2.24) is 19.4 Å². The molecule has 1 atom stereocenters. The van der Waals surface area contributed by atoms with Gasteiger partial charge in [-0.15, -0.1) is 11.3 Å². The van der Waals surface area contributed by atoms with Crippen LogP contribution >= 0.6 is 11.3 Å². The quantitative estimate of drug-likeness (QED) is 0.683. The molecular formula is C16H18F2N4S. The Morgan fingerprint density at radius 3 is 2.83 bits per heavy atom. The Bertz CT molecular complexity index is 750. The fourth-order valence-electron chi connectivity index (χ4n) is 2.44. The van der Waals surface area contributed by atoms with Crippen LogP contribution in [0.1, 0.15) is 24.3 Å². The highest BCUT2D eigenvalue weighted by molar-refractivity contribution is 7.18. The van der Waals surface area contributed by atoms with Crippen LogP contribution in [0.4, 0.5) is 8.78 Å². The summed E-state index contributed by atoms with van der Waals surface area (Å²) in [6.07, 6.45) is 3.50. The third kappa shape index (κ3) is 3.56. The van der Waals surface area contributed by atoms with E-state index in [4.69, 9.17) is 0 Å². The number of imidazole rings is 1. The van der Waals surface area contributed by atoms with Gasteiger partial charge in [0.05, 0.1) is 21.8 Å². The van der Waals surface area contributed by atoms with Gasteiger partial charge >= 0.3 is 6.55 Å². The van der Waals surface area contributed by atoms with Crippen molar-refractivity contribution in [2.24, 2.45) is 0 Å². The summed E-state index contributed by atoms with van der Waals surface area (Å²) in [6.45, 7) is -0.106. The molecule has 0 saturated carbocycles. The Hall–Kier alpha value is -1.86. The number of aromatic nitrogens is 3. The van der Waals surface area contributed by atoms with Crippen molar-refractivity contribution in [2.75, 3.05) is 7.05 Å². The Morgan fingerprint density at radius 1 is 1.30 bits per heavy atom. The lowest BCUT2D eigenvalue weighted by molar-refractivity contribution is 0.0636. The SMILES string of the molecule is C[C@H](Cc1nc2ccccc2s1)N(C)Cc1nccn1C(F)F. The maximum Gasteiger partial charge on any atom is 0.319 e. The van der Waals surface area contributed by atoms with E-state index in [1.165, 1.54) is 17.1 Å². The topological polar surface area (TPSA) is 34.0 Å². The van der Waals surface area contributed by atoms with Gasteiger partial charge in [0.1, 0.15) is 5.82 Å². The third-order valence-corrected chi connectivity index (χ3v) is 4.97. The maximum atomic E-state index is 12.9. The smallest absolute Gasteiger partial charge is 0.296 e. The van der Waals surface area contributed by atoms with Gasteiger partial charge in [-0.25, -0.2) is 9.97 Å². The Kier molecular flexibility index (Phi) is 4.68. The zero-order valence-electron chi connectivity index (χ0n) is 13.0. The molecule has 122 valence electrons. The van der Waals surface area contributed by atoms with Gasteiger partial charge in [-0.1, -0.05) is 12.1 Å². The van der Waals surface area contributed by atoms with E-state index in [0.29, 0.717) is 12.4 Å². The summed E-state index contributed by atoms with van der Waals surface area (Å²) in [6, 6.07) is 8.22. The molecule has 0 aliphatic rings. The summed E-state index contributed by atoms with van der Waals surface area (Å²) >= 11 is 1.68. The van der Waals surface area contributed by atoms with E-state index in [0.717, 1.165) is 21.5 Å². The van der Waals surface area contributed by atoms with Crippen molar-refractivity contribution in [1.29, 1.82) is 0 Å². The minimum absolute atomic E-state index is 0.179. The van der Waals surface area contributed by atoms with E-state index in [1.807, 2.05) is 30.1 Å². The molecule has 0 radical (unpaired) electrons. The lowest BCUT2D eigenvalue weighted by Crippen LogP contribution is -2.31. The number of nitrogens with zero attached hydrogens (tertiary/aromatic N) is 4. The average Bonchev–Trinajstić information content (AvgIpc) is 3.12. The fraction of sp³-hybridized carbons (Fsp3) is 0.375. The molecule has 2 aromatic heterocycles. The average molecular weight is 336 g/mol. The van der Waals surface area contributed by atoms with E-state index < -0.39 is 6.55 Å². The summed E-state index contributed by atoms with van der Waals surface area (Å²) in [7, 11) is 1.92. The first-order valence-electron chi connectivity index (χ1n) is 7.39. The molecular weight excluding hydrogens is 318 g/mol. The molecule has 0 spiro atoms. The minimum atomic E-state index is -2.56. The summed E-state index contributed by atoms with van der Waals surface area (Å²) in [5, 5.41) is 1.06. The van der Waals surface area contributed by atoms with Gasteiger partial charge < -0.3 is 0 Å². The molecule has 0 aliphatic carbocycles. The van der Waals surface area contributed by atoms with Crippen LogP contribution in [-0.2, 0) is 13.0 Å². The van der Waals surface area contributed by atoms with Crippen molar-refractivity contribution < 1.29 is 8.78 Å². The minimum Gasteiger partial charge on any atom is -0.296 e. The predicted octanol–water partition coefficient (Wildman–Crippen LogP) is 3.95. The molecule has 2 heterocycles. The van der Waals surface area contributed by atoms with E-state index >= 15 is 0 Å². The molecule has 7 heteroatoms. The van der Waals surface area contributed by atoms with Gasteiger partial charge in [0.15, 0.2) is 0 Å². The van der Waals surface area contributed by atoms with Crippen molar-refractivity contribution in [2.45, 2.75) is 32.5 Å². The van der Waals surface area contributed by atoms with Crippen LogP contribution in [0.5, 0.6) is 0 Å². The lowest BCUT2D eigenvalue weighted by atomic mass is 10.2. The molecule has 0 amide bonds. The van der Waals surface area contributed by atoms with Crippen LogP contribution in [-0.4, -0.2) is 32.5 Å². The van der Waals surface area contributed by atoms with E-state index in [9.17, 15) is 8.78 Å². The summed E-state index contributed by atoms with van der Waals surface area (Å²) in [5.74, 6) is 0.374. The molecule has 23 heavy (non-hydrogen) atoms. The molecule has 0 aliphatic heterocycles. The zero-order valence-corrected chi connectivity index (χ0v) is 13.8. The normalized spacial score (nSPS) is 13.3. The number of rotatable bonds is 6. The molecule has 3 aromatic rings. The molecule has 3 rings (SSSR count). The van der Waals surface area contributed by atoms with Gasteiger partial charge in [0, 0.05) is 24.9 Å². The Morgan fingerprint density at radius 2 is 2.09 bits per heavy atom. The number of hydrogen-bond acceptors (Lipinski definition) is 4. The van der Waals surface area contributed by atoms with Crippen LogP contribution in [0.15, 0.2) is 36.7 Å². The molecule has 4 nitrogen and oxygen atoms in total.